The maximum atomic E-state index is 11.9. The molecular weight excluding hydrogens is 269 g/mol. The molecule has 1 aromatic rings. The van der Waals surface area contributed by atoms with E-state index >= 15 is 0 Å². The first-order chi connectivity index (χ1) is 5.89. The Morgan fingerprint density at radius 3 is 2.54 bits per heavy atom. The van der Waals surface area contributed by atoms with Crippen LogP contribution < -0.4 is 0 Å². The van der Waals surface area contributed by atoms with Crippen molar-refractivity contribution in [2.75, 3.05) is 0 Å². The van der Waals surface area contributed by atoms with Gasteiger partial charge in [0.25, 0.3) is 0 Å². The molecule has 0 fully saturated rings. The zero-order valence-electron chi connectivity index (χ0n) is 6.31. The summed E-state index contributed by atoms with van der Waals surface area (Å²) in [6.07, 6.45) is -7.17. The number of rotatable bonds is 2. The van der Waals surface area contributed by atoms with E-state index in [9.17, 15) is 13.2 Å². The summed E-state index contributed by atoms with van der Waals surface area (Å²) in [5.41, 5.74) is 0. The van der Waals surface area contributed by atoms with Gasteiger partial charge >= 0.3 is 6.18 Å². The van der Waals surface area contributed by atoms with Crippen LogP contribution in [0.1, 0.15) is 4.88 Å². The number of alkyl halides is 3. The summed E-state index contributed by atoms with van der Waals surface area (Å²) in [5.74, 6) is 0. The highest BCUT2D eigenvalue weighted by Gasteiger charge is 2.38. The predicted molar refractivity (Wildman–Crippen MR) is 47.8 cm³/mol. The van der Waals surface area contributed by atoms with Gasteiger partial charge in [0.15, 0.2) is 6.10 Å². The molecule has 0 unspecified atom stereocenters. The molecule has 0 aliphatic heterocycles. The number of hydrogen-bond acceptors (Lipinski definition) is 2. The van der Waals surface area contributed by atoms with E-state index in [0.717, 1.165) is 4.47 Å². The Morgan fingerprint density at radius 1 is 1.54 bits per heavy atom. The Kier molecular flexibility index (Phi) is 3.37. The lowest BCUT2D eigenvalue weighted by Gasteiger charge is -2.12. The quantitative estimate of drug-likeness (QED) is 0.879. The normalized spacial score (nSPS) is 14.5. The third kappa shape index (κ3) is 3.28. The van der Waals surface area contributed by atoms with Gasteiger partial charge in [-0.15, -0.1) is 11.3 Å². The van der Waals surface area contributed by atoms with Crippen LogP contribution in [0.2, 0.25) is 0 Å². The minimum absolute atomic E-state index is 0.375. The largest absolute Gasteiger partial charge is 0.414 e. The molecule has 1 N–H and O–H groups in total. The van der Waals surface area contributed by atoms with Crippen LogP contribution in [0, 0.1) is 0 Å². The SMILES string of the molecule is O[C@@H](Cc1cc(Br)cs1)C(F)(F)F. The van der Waals surface area contributed by atoms with Gasteiger partial charge in [0.2, 0.25) is 0 Å². The third-order valence-corrected chi connectivity index (χ3v) is 3.11. The monoisotopic (exact) mass is 274 g/mol. The number of aliphatic hydroxyl groups excluding tert-OH is 1. The maximum Gasteiger partial charge on any atom is 0.414 e. The van der Waals surface area contributed by atoms with Crippen LogP contribution >= 0.6 is 27.3 Å². The Balaban J connectivity index is 2.60. The fourth-order valence-electron chi connectivity index (χ4n) is 0.767. The molecule has 1 aromatic heterocycles. The van der Waals surface area contributed by atoms with Crippen molar-refractivity contribution >= 4 is 27.3 Å². The van der Waals surface area contributed by atoms with Gasteiger partial charge in [0.05, 0.1) is 0 Å². The summed E-state index contributed by atoms with van der Waals surface area (Å²) in [6.45, 7) is 0. The van der Waals surface area contributed by atoms with Gasteiger partial charge in [-0.25, -0.2) is 0 Å². The van der Waals surface area contributed by atoms with Gasteiger partial charge in [0, 0.05) is 21.2 Å². The first-order valence-electron chi connectivity index (χ1n) is 3.37. The summed E-state index contributed by atoms with van der Waals surface area (Å²) < 4.78 is 36.4. The molecule has 1 nitrogen and oxygen atoms in total. The van der Waals surface area contributed by atoms with Gasteiger partial charge in [-0.3, -0.25) is 0 Å². The maximum absolute atomic E-state index is 11.9. The molecule has 0 aromatic carbocycles. The van der Waals surface area contributed by atoms with Crippen molar-refractivity contribution in [1.82, 2.24) is 0 Å². The van der Waals surface area contributed by atoms with Crippen LogP contribution in [0.3, 0.4) is 0 Å². The van der Waals surface area contributed by atoms with E-state index in [1.165, 1.54) is 11.3 Å². The van der Waals surface area contributed by atoms with E-state index in [1.807, 2.05) is 0 Å². The predicted octanol–water partition coefficient (Wildman–Crippen LogP) is 2.98. The van der Waals surface area contributed by atoms with E-state index in [1.54, 1.807) is 11.4 Å². The molecule has 0 bridgehead atoms. The molecule has 1 heterocycles. The second-order valence-corrected chi connectivity index (χ2v) is 4.40. The highest BCUT2D eigenvalue weighted by molar-refractivity contribution is 9.10. The minimum Gasteiger partial charge on any atom is -0.383 e. The summed E-state index contributed by atoms with van der Waals surface area (Å²) in [6, 6.07) is 1.57. The van der Waals surface area contributed by atoms with E-state index < -0.39 is 12.3 Å². The molecule has 0 saturated heterocycles. The van der Waals surface area contributed by atoms with E-state index in [0.29, 0.717) is 4.88 Å². The first-order valence-corrected chi connectivity index (χ1v) is 5.04. The smallest absolute Gasteiger partial charge is 0.383 e. The zero-order chi connectivity index (χ0) is 10.1. The molecule has 0 radical (unpaired) electrons. The van der Waals surface area contributed by atoms with Crippen LogP contribution in [0.4, 0.5) is 13.2 Å². The number of aliphatic hydroxyl groups is 1. The fourth-order valence-corrected chi connectivity index (χ4v) is 2.26. The van der Waals surface area contributed by atoms with Crippen molar-refractivity contribution in [2.45, 2.75) is 18.7 Å². The number of thiophene rings is 1. The highest BCUT2D eigenvalue weighted by Crippen LogP contribution is 2.26. The molecule has 0 aliphatic carbocycles. The Labute approximate surface area is 85.3 Å². The van der Waals surface area contributed by atoms with Gasteiger partial charge < -0.3 is 5.11 Å². The van der Waals surface area contributed by atoms with Gasteiger partial charge in [-0.05, 0) is 22.0 Å². The average Bonchev–Trinajstić information content (AvgIpc) is 2.33. The summed E-state index contributed by atoms with van der Waals surface area (Å²) in [4.78, 5) is 0.511. The molecule has 1 rings (SSSR count). The molecule has 1 atom stereocenters. The zero-order valence-corrected chi connectivity index (χ0v) is 8.71. The standard InChI is InChI=1S/C7H6BrF3OS/c8-4-1-5(13-3-4)2-6(12)7(9,10)11/h1,3,6,12H,2H2/t6-/m0/s1. The van der Waals surface area contributed by atoms with Crippen molar-refractivity contribution in [3.63, 3.8) is 0 Å². The van der Waals surface area contributed by atoms with Crippen molar-refractivity contribution in [3.05, 3.63) is 20.8 Å². The molecule has 0 saturated carbocycles. The lowest BCUT2D eigenvalue weighted by Crippen LogP contribution is -2.30. The minimum atomic E-state index is -4.53. The Morgan fingerprint density at radius 2 is 2.15 bits per heavy atom. The third-order valence-electron chi connectivity index (χ3n) is 1.39. The fraction of sp³-hybridized carbons (Fsp3) is 0.429. The van der Waals surface area contributed by atoms with E-state index in [-0.39, 0.29) is 6.42 Å². The highest BCUT2D eigenvalue weighted by atomic mass is 79.9. The Bertz CT molecular complexity index is 284. The summed E-state index contributed by atoms with van der Waals surface area (Å²) in [7, 11) is 0. The average molecular weight is 275 g/mol. The summed E-state index contributed by atoms with van der Waals surface area (Å²) in [5, 5.41) is 10.4. The van der Waals surface area contributed by atoms with Crippen LogP contribution in [-0.4, -0.2) is 17.4 Å². The van der Waals surface area contributed by atoms with Crippen molar-refractivity contribution in [3.8, 4) is 0 Å². The van der Waals surface area contributed by atoms with Gasteiger partial charge in [0.1, 0.15) is 0 Å². The van der Waals surface area contributed by atoms with Crippen molar-refractivity contribution in [1.29, 1.82) is 0 Å². The lowest BCUT2D eigenvalue weighted by molar-refractivity contribution is -0.202. The lowest BCUT2D eigenvalue weighted by atomic mass is 10.2. The molecule has 13 heavy (non-hydrogen) atoms. The van der Waals surface area contributed by atoms with Crippen LogP contribution in [0.5, 0.6) is 0 Å². The molecule has 6 heteroatoms. The molecule has 0 amide bonds. The number of hydrogen-bond donors (Lipinski definition) is 1. The first kappa shape index (κ1) is 11.0. The van der Waals surface area contributed by atoms with Crippen LogP contribution in [0.25, 0.3) is 0 Å². The van der Waals surface area contributed by atoms with Crippen molar-refractivity contribution in [2.24, 2.45) is 0 Å². The number of halogens is 4. The van der Waals surface area contributed by atoms with Crippen molar-refractivity contribution < 1.29 is 18.3 Å². The molecule has 74 valence electrons. The van der Waals surface area contributed by atoms with E-state index in [4.69, 9.17) is 5.11 Å². The Hall–Kier alpha value is -0.0700. The molecular formula is C7H6BrF3OS. The molecule has 0 aliphatic rings. The van der Waals surface area contributed by atoms with Crippen LogP contribution in [0.15, 0.2) is 15.9 Å². The second-order valence-electron chi connectivity index (χ2n) is 2.49. The molecule has 0 spiro atoms. The van der Waals surface area contributed by atoms with Crippen LogP contribution in [-0.2, 0) is 6.42 Å². The second kappa shape index (κ2) is 3.98. The van der Waals surface area contributed by atoms with Gasteiger partial charge in [-0.1, -0.05) is 0 Å². The van der Waals surface area contributed by atoms with E-state index in [2.05, 4.69) is 15.9 Å². The summed E-state index contributed by atoms with van der Waals surface area (Å²) >= 11 is 4.31. The van der Waals surface area contributed by atoms with Gasteiger partial charge in [-0.2, -0.15) is 13.2 Å². The topological polar surface area (TPSA) is 20.2 Å².